The summed E-state index contributed by atoms with van der Waals surface area (Å²) in [6, 6.07) is 7.67. The molecule has 118 valence electrons. The maximum absolute atomic E-state index is 12.4. The van der Waals surface area contributed by atoms with E-state index in [1.807, 2.05) is 38.2 Å². The second-order valence-electron chi connectivity index (χ2n) is 6.17. The molecule has 2 N–H and O–H groups in total. The van der Waals surface area contributed by atoms with Gasteiger partial charge in [0.2, 0.25) is 5.91 Å². The van der Waals surface area contributed by atoms with Crippen LogP contribution in [-0.4, -0.2) is 24.4 Å². The van der Waals surface area contributed by atoms with Gasteiger partial charge in [-0.2, -0.15) is 0 Å². The Balaban J connectivity index is 2.66. The molecule has 0 aliphatic rings. The third kappa shape index (κ3) is 5.68. The van der Waals surface area contributed by atoms with Crippen molar-refractivity contribution in [2.75, 3.05) is 13.6 Å². The topological polar surface area (TPSA) is 46.3 Å². The normalized spacial score (nSPS) is 14.0. The number of nitrogens with two attached hydrogens (primary N) is 1. The monoisotopic (exact) mass is 310 g/mol. The van der Waals surface area contributed by atoms with Crippen LogP contribution in [0.25, 0.3) is 0 Å². The molecule has 0 aromatic heterocycles. The van der Waals surface area contributed by atoms with Crippen molar-refractivity contribution in [1.82, 2.24) is 4.90 Å². The summed E-state index contributed by atoms with van der Waals surface area (Å²) in [7, 11) is 1.85. The van der Waals surface area contributed by atoms with Crippen molar-refractivity contribution in [1.29, 1.82) is 0 Å². The van der Waals surface area contributed by atoms with E-state index >= 15 is 0 Å². The van der Waals surface area contributed by atoms with Crippen molar-refractivity contribution in [3.63, 3.8) is 0 Å². The number of rotatable bonds is 7. The minimum atomic E-state index is 0.0345. The lowest BCUT2D eigenvalue weighted by Crippen LogP contribution is -2.32. The van der Waals surface area contributed by atoms with Crippen LogP contribution < -0.4 is 5.73 Å². The highest BCUT2D eigenvalue weighted by atomic mass is 35.5. The molecule has 2 atom stereocenters. The first-order chi connectivity index (χ1) is 9.85. The Labute approximate surface area is 133 Å². The number of carbonyl (C=O) groups excluding carboxylic acids is 1. The van der Waals surface area contributed by atoms with Crippen LogP contribution in [-0.2, 0) is 4.79 Å². The highest BCUT2D eigenvalue weighted by Gasteiger charge is 2.21. The minimum absolute atomic E-state index is 0.0345. The average Bonchev–Trinajstić information content (AvgIpc) is 2.45. The van der Waals surface area contributed by atoms with E-state index in [0.29, 0.717) is 23.9 Å². The van der Waals surface area contributed by atoms with E-state index < -0.39 is 0 Å². The fourth-order valence-corrected chi connectivity index (χ4v) is 2.63. The van der Waals surface area contributed by atoms with E-state index in [0.717, 1.165) is 12.0 Å². The number of benzene rings is 1. The lowest BCUT2D eigenvalue weighted by Gasteiger charge is -2.27. The summed E-state index contributed by atoms with van der Waals surface area (Å²) in [5.74, 6) is 0.969. The fourth-order valence-electron chi connectivity index (χ4n) is 2.50. The number of amides is 1. The molecule has 3 nitrogen and oxygen atoms in total. The summed E-state index contributed by atoms with van der Waals surface area (Å²) in [4.78, 5) is 14.2. The Bertz CT molecular complexity index is 445. The molecule has 0 saturated carbocycles. The van der Waals surface area contributed by atoms with Gasteiger partial charge in [-0.15, -0.1) is 0 Å². The van der Waals surface area contributed by atoms with Gasteiger partial charge in [-0.3, -0.25) is 4.79 Å². The van der Waals surface area contributed by atoms with Gasteiger partial charge in [0, 0.05) is 18.5 Å². The van der Waals surface area contributed by atoms with E-state index in [4.69, 9.17) is 17.3 Å². The number of carbonyl (C=O) groups is 1. The van der Waals surface area contributed by atoms with E-state index in [2.05, 4.69) is 13.8 Å². The molecule has 0 aliphatic heterocycles. The Hall–Kier alpha value is -1.06. The fraction of sp³-hybridized carbons (Fsp3) is 0.588. The minimum Gasteiger partial charge on any atom is -0.339 e. The summed E-state index contributed by atoms with van der Waals surface area (Å²) in [6.45, 7) is 6.91. The van der Waals surface area contributed by atoms with Crippen molar-refractivity contribution in [2.24, 2.45) is 17.6 Å². The van der Waals surface area contributed by atoms with Crippen LogP contribution in [0.1, 0.15) is 45.2 Å². The molecular weight excluding hydrogens is 284 g/mol. The smallest absolute Gasteiger partial charge is 0.223 e. The number of hydrogen-bond donors (Lipinski definition) is 1. The van der Waals surface area contributed by atoms with E-state index in [1.54, 1.807) is 4.90 Å². The summed E-state index contributed by atoms with van der Waals surface area (Å²) < 4.78 is 0. The molecule has 1 rings (SSSR count). The number of hydrogen-bond acceptors (Lipinski definition) is 2. The largest absolute Gasteiger partial charge is 0.339 e. The highest BCUT2D eigenvalue weighted by Crippen LogP contribution is 2.23. The average molecular weight is 311 g/mol. The van der Waals surface area contributed by atoms with Gasteiger partial charge in [-0.05, 0) is 49.4 Å². The maximum atomic E-state index is 12.4. The molecule has 1 aromatic carbocycles. The first-order valence-electron chi connectivity index (χ1n) is 7.56. The van der Waals surface area contributed by atoms with Gasteiger partial charge in [-0.25, -0.2) is 0 Å². The van der Waals surface area contributed by atoms with Crippen molar-refractivity contribution in [3.05, 3.63) is 34.9 Å². The van der Waals surface area contributed by atoms with Gasteiger partial charge < -0.3 is 10.6 Å². The zero-order valence-electron chi connectivity index (χ0n) is 13.5. The van der Waals surface area contributed by atoms with Gasteiger partial charge in [0.1, 0.15) is 0 Å². The van der Waals surface area contributed by atoms with Crippen molar-refractivity contribution < 1.29 is 4.79 Å². The van der Waals surface area contributed by atoms with E-state index in [9.17, 15) is 4.79 Å². The van der Waals surface area contributed by atoms with Gasteiger partial charge >= 0.3 is 0 Å². The molecule has 1 aromatic rings. The van der Waals surface area contributed by atoms with Crippen LogP contribution in [0.3, 0.4) is 0 Å². The maximum Gasteiger partial charge on any atom is 0.223 e. The zero-order chi connectivity index (χ0) is 16.0. The molecule has 1 amide bonds. The Morgan fingerprint density at radius 1 is 1.24 bits per heavy atom. The number of halogens is 1. The Morgan fingerprint density at radius 2 is 1.81 bits per heavy atom. The molecule has 0 aliphatic carbocycles. The molecule has 1 unspecified atom stereocenters. The van der Waals surface area contributed by atoms with Crippen LogP contribution in [0.2, 0.25) is 5.02 Å². The summed E-state index contributed by atoms with van der Waals surface area (Å²) in [5, 5.41) is 0.708. The van der Waals surface area contributed by atoms with E-state index in [1.165, 1.54) is 0 Å². The first-order valence-corrected chi connectivity index (χ1v) is 7.94. The molecule has 0 bridgehead atoms. The molecule has 4 heteroatoms. The summed E-state index contributed by atoms with van der Waals surface area (Å²) >= 11 is 5.90. The Morgan fingerprint density at radius 3 is 2.29 bits per heavy atom. The van der Waals surface area contributed by atoms with Gasteiger partial charge in [0.05, 0.1) is 6.04 Å². The van der Waals surface area contributed by atoms with Crippen molar-refractivity contribution in [2.45, 2.75) is 39.7 Å². The predicted molar refractivity (Wildman–Crippen MR) is 89.3 cm³/mol. The molecule has 0 fully saturated rings. The summed E-state index contributed by atoms with van der Waals surface area (Å²) in [6.07, 6.45) is 1.51. The quantitative estimate of drug-likeness (QED) is 0.831. The second-order valence-corrected chi connectivity index (χ2v) is 6.60. The third-order valence-corrected chi connectivity index (χ3v) is 4.18. The van der Waals surface area contributed by atoms with Crippen molar-refractivity contribution in [3.8, 4) is 0 Å². The van der Waals surface area contributed by atoms with Crippen LogP contribution in [0.5, 0.6) is 0 Å². The van der Waals surface area contributed by atoms with Gasteiger partial charge in [0.15, 0.2) is 0 Å². The molecule has 0 heterocycles. The van der Waals surface area contributed by atoms with Crippen LogP contribution >= 0.6 is 11.6 Å². The Kier molecular flexibility index (Phi) is 7.20. The lowest BCUT2D eigenvalue weighted by molar-refractivity contribution is -0.132. The van der Waals surface area contributed by atoms with Crippen LogP contribution in [0.15, 0.2) is 24.3 Å². The predicted octanol–water partition coefficient (Wildman–Crippen LogP) is 3.87. The van der Waals surface area contributed by atoms with E-state index in [-0.39, 0.29) is 17.9 Å². The molecule has 0 radical (unpaired) electrons. The lowest BCUT2D eigenvalue weighted by atomic mass is 9.93. The van der Waals surface area contributed by atoms with Gasteiger partial charge in [-0.1, -0.05) is 37.6 Å². The van der Waals surface area contributed by atoms with Crippen LogP contribution in [0, 0.1) is 11.8 Å². The highest BCUT2D eigenvalue weighted by molar-refractivity contribution is 6.30. The molecule has 0 spiro atoms. The summed E-state index contributed by atoms with van der Waals surface area (Å²) in [5.41, 5.74) is 6.87. The molecule has 21 heavy (non-hydrogen) atoms. The van der Waals surface area contributed by atoms with Crippen molar-refractivity contribution >= 4 is 17.5 Å². The first kappa shape index (κ1) is 18.0. The molecule has 0 saturated heterocycles. The van der Waals surface area contributed by atoms with Crippen LogP contribution in [0.4, 0.5) is 0 Å². The zero-order valence-corrected chi connectivity index (χ0v) is 14.2. The second kappa shape index (κ2) is 8.40. The molecular formula is C17H27ClN2O. The van der Waals surface area contributed by atoms with Gasteiger partial charge in [0.25, 0.3) is 0 Å². The standard InChI is InChI=1S/C17H27ClN2O/c1-12(2)9-14(11-19)10-17(21)20(4)13(3)15-5-7-16(18)8-6-15/h5-8,12-14H,9-11,19H2,1-4H3/t13?,14-/m0/s1. The number of nitrogens with zero attached hydrogens (tertiary/aromatic N) is 1. The third-order valence-electron chi connectivity index (χ3n) is 3.93. The SMILES string of the molecule is CC(C)C[C@H](CN)CC(=O)N(C)C(C)c1ccc(Cl)cc1.